The highest BCUT2D eigenvalue weighted by atomic mass is 16.6. The van der Waals surface area contributed by atoms with Crippen LogP contribution in [0.2, 0.25) is 0 Å². The largest absolute Gasteiger partial charge is 0.444 e. The second-order valence-electron chi connectivity index (χ2n) is 5.09. The van der Waals surface area contributed by atoms with Crippen molar-refractivity contribution >= 4 is 6.09 Å². The van der Waals surface area contributed by atoms with Crippen LogP contribution in [-0.2, 0) is 9.47 Å². The minimum atomic E-state index is -0.471. The number of hydrogen-bond donors (Lipinski definition) is 0. The first-order valence-electron chi connectivity index (χ1n) is 5.85. The molecule has 0 spiro atoms. The molecule has 0 bridgehead atoms. The molecule has 0 saturated carbocycles. The Bertz CT molecular complexity index is 304. The smallest absolute Gasteiger partial charge is 0.410 e. The molecule has 1 unspecified atom stereocenters. The zero-order valence-corrected chi connectivity index (χ0v) is 10.7. The van der Waals surface area contributed by atoms with Gasteiger partial charge in [0, 0.05) is 13.0 Å². The zero-order chi connectivity index (χ0) is 12.9. The molecule has 17 heavy (non-hydrogen) atoms. The Morgan fingerprint density at radius 1 is 1.59 bits per heavy atom. The fraction of sp³-hybridized carbons (Fsp3) is 0.833. The Balaban J connectivity index is 2.43. The van der Waals surface area contributed by atoms with Crippen LogP contribution < -0.4 is 0 Å². The normalized spacial score (nSPS) is 20.8. The van der Waals surface area contributed by atoms with Crippen LogP contribution in [0, 0.1) is 6.57 Å². The lowest BCUT2D eigenvalue weighted by molar-refractivity contribution is -0.0430. The number of carbonyl (C=O) groups is 1. The first kappa shape index (κ1) is 13.8. The van der Waals surface area contributed by atoms with Crippen molar-refractivity contribution in [2.24, 2.45) is 0 Å². The second kappa shape index (κ2) is 5.87. The molecule has 0 N–H and O–H groups in total. The van der Waals surface area contributed by atoms with Crippen molar-refractivity contribution in [2.75, 3.05) is 26.2 Å². The van der Waals surface area contributed by atoms with E-state index in [4.69, 9.17) is 16.0 Å². The van der Waals surface area contributed by atoms with Crippen LogP contribution in [0.4, 0.5) is 4.79 Å². The lowest BCUT2D eigenvalue weighted by atomic mass is 10.2. The van der Waals surface area contributed by atoms with Crippen LogP contribution in [0.3, 0.4) is 0 Å². The number of ether oxygens (including phenoxy) is 2. The monoisotopic (exact) mass is 240 g/mol. The summed E-state index contributed by atoms with van der Waals surface area (Å²) < 4.78 is 10.8. The van der Waals surface area contributed by atoms with E-state index < -0.39 is 5.60 Å². The van der Waals surface area contributed by atoms with Gasteiger partial charge >= 0.3 is 6.09 Å². The molecule has 5 heteroatoms. The van der Waals surface area contributed by atoms with Crippen LogP contribution in [0.25, 0.3) is 4.85 Å². The van der Waals surface area contributed by atoms with Gasteiger partial charge in [0.25, 0.3) is 0 Å². The van der Waals surface area contributed by atoms with Gasteiger partial charge in [-0.25, -0.2) is 11.4 Å². The van der Waals surface area contributed by atoms with Crippen LogP contribution in [-0.4, -0.2) is 48.9 Å². The van der Waals surface area contributed by atoms with Gasteiger partial charge in [0.15, 0.2) is 0 Å². The Kier molecular flexibility index (Phi) is 4.76. The SMILES string of the molecule is [C-]#[N+]CCC1CN(C(=O)OC(C)(C)C)CCO1. The molecule has 0 radical (unpaired) electrons. The van der Waals surface area contributed by atoms with E-state index in [0.717, 1.165) is 0 Å². The molecule has 96 valence electrons. The molecule has 0 aromatic heterocycles. The van der Waals surface area contributed by atoms with Crippen molar-refractivity contribution in [1.29, 1.82) is 0 Å². The summed E-state index contributed by atoms with van der Waals surface area (Å²) in [6, 6.07) is 0. The van der Waals surface area contributed by atoms with Crippen molar-refractivity contribution in [3.63, 3.8) is 0 Å². The van der Waals surface area contributed by atoms with E-state index in [9.17, 15) is 4.79 Å². The minimum Gasteiger partial charge on any atom is -0.444 e. The number of morpholine rings is 1. The Hall–Kier alpha value is -1.28. The average molecular weight is 240 g/mol. The highest BCUT2D eigenvalue weighted by molar-refractivity contribution is 5.68. The maximum Gasteiger partial charge on any atom is 0.410 e. The van der Waals surface area contributed by atoms with Crippen LogP contribution in [0.1, 0.15) is 27.2 Å². The fourth-order valence-electron chi connectivity index (χ4n) is 1.59. The first-order chi connectivity index (χ1) is 7.92. The molecular weight excluding hydrogens is 220 g/mol. The van der Waals surface area contributed by atoms with E-state index in [0.29, 0.717) is 32.7 Å². The van der Waals surface area contributed by atoms with Gasteiger partial charge in [0.05, 0.1) is 19.3 Å². The van der Waals surface area contributed by atoms with Crippen molar-refractivity contribution in [3.8, 4) is 0 Å². The van der Waals surface area contributed by atoms with Gasteiger partial charge in [0.1, 0.15) is 5.60 Å². The van der Waals surface area contributed by atoms with E-state index in [1.807, 2.05) is 20.8 Å². The molecule has 1 aliphatic heterocycles. The zero-order valence-electron chi connectivity index (χ0n) is 10.7. The number of carbonyl (C=O) groups excluding carboxylic acids is 1. The van der Waals surface area contributed by atoms with E-state index in [1.165, 1.54) is 0 Å². The predicted molar refractivity (Wildman–Crippen MR) is 63.6 cm³/mol. The van der Waals surface area contributed by atoms with E-state index in [2.05, 4.69) is 4.85 Å². The summed E-state index contributed by atoms with van der Waals surface area (Å²) in [5.74, 6) is 0. The summed E-state index contributed by atoms with van der Waals surface area (Å²) in [5, 5.41) is 0. The van der Waals surface area contributed by atoms with E-state index in [1.54, 1.807) is 4.90 Å². The van der Waals surface area contributed by atoms with Gasteiger partial charge in [-0.3, -0.25) is 0 Å². The molecule has 1 amide bonds. The third-order valence-corrected chi connectivity index (χ3v) is 2.35. The van der Waals surface area contributed by atoms with Gasteiger partial charge in [-0.15, -0.1) is 0 Å². The molecule has 1 saturated heterocycles. The standard InChI is InChI=1S/C12H20N2O3/c1-12(2,3)17-11(15)14-7-8-16-10(9-14)5-6-13-4/h10H,5-9H2,1-3H3. The molecule has 1 fully saturated rings. The fourth-order valence-corrected chi connectivity index (χ4v) is 1.59. The summed E-state index contributed by atoms with van der Waals surface area (Å²) in [5.41, 5.74) is -0.471. The minimum absolute atomic E-state index is 0.0367. The average Bonchev–Trinajstić information content (AvgIpc) is 2.24. The van der Waals surface area contributed by atoms with E-state index >= 15 is 0 Å². The first-order valence-corrected chi connectivity index (χ1v) is 5.85. The molecule has 0 aromatic rings. The van der Waals surface area contributed by atoms with Gasteiger partial charge in [-0.1, -0.05) is 0 Å². The second-order valence-corrected chi connectivity index (χ2v) is 5.09. The molecule has 0 aromatic carbocycles. The van der Waals surface area contributed by atoms with Crippen LogP contribution >= 0.6 is 0 Å². The molecule has 0 aliphatic carbocycles. The van der Waals surface area contributed by atoms with Crippen molar-refractivity contribution < 1.29 is 14.3 Å². The molecule has 1 rings (SSSR count). The Labute approximate surface area is 102 Å². The molecule has 1 aliphatic rings. The summed E-state index contributed by atoms with van der Waals surface area (Å²) in [6.07, 6.45) is 0.335. The van der Waals surface area contributed by atoms with Gasteiger partial charge in [-0.2, -0.15) is 0 Å². The Morgan fingerprint density at radius 2 is 2.29 bits per heavy atom. The summed E-state index contributed by atoms with van der Waals surface area (Å²) >= 11 is 0. The summed E-state index contributed by atoms with van der Waals surface area (Å²) in [7, 11) is 0. The molecule has 1 heterocycles. The topological polar surface area (TPSA) is 43.1 Å². The maximum absolute atomic E-state index is 11.8. The predicted octanol–water partition coefficient (Wildman–Crippen LogP) is 1.93. The number of nitrogens with zero attached hydrogens (tertiary/aromatic N) is 2. The van der Waals surface area contributed by atoms with Gasteiger partial charge < -0.3 is 19.2 Å². The number of rotatable bonds is 2. The Morgan fingerprint density at radius 3 is 2.88 bits per heavy atom. The number of amides is 1. The van der Waals surface area contributed by atoms with Crippen molar-refractivity contribution in [3.05, 3.63) is 11.4 Å². The van der Waals surface area contributed by atoms with E-state index in [-0.39, 0.29) is 12.2 Å². The number of hydrogen-bond acceptors (Lipinski definition) is 3. The van der Waals surface area contributed by atoms with Gasteiger partial charge in [-0.05, 0) is 20.8 Å². The van der Waals surface area contributed by atoms with Crippen LogP contribution in [0.5, 0.6) is 0 Å². The summed E-state index contributed by atoms with van der Waals surface area (Å²) in [6.45, 7) is 14.3. The van der Waals surface area contributed by atoms with Crippen molar-refractivity contribution in [2.45, 2.75) is 38.9 Å². The highest BCUT2D eigenvalue weighted by Gasteiger charge is 2.28. The maximum atomic E-state index is 11.8. The highest BCUT2D eigenvalue weighted by Crippen LogP contribution is 2.14. The van der Waals surface area contributed by atoms with Gasteiger partial charge in [0.2, 0.25) is 6.54 Å². The lowest BCUT2D eigenvalue weighted by Gasteiger charge is -2.33. The molecule has 1 atom stereocenters. The van der Waals surface area contributed by atoms with Crippen molar-refractivity contribution in [1.82, 2.24) is 4.90 Å². The lowest BCUT2D eigenvalue weighted by Crippen LogP contribution is -2.47. The third kappa shape index (κ3) is 5.05. The third-order valence-electron chi connectivity index (χ3n) is 2.35. The van der Waals surface area contributed by atoms with Crippen LogP contribution in [0.15, 0.2) is 0 Å². The molecular formula is C12H20N2O3. The summed E-state index contributed by atoms with van der Waals surface area (Å²) in [4.78, 5) is 16.8. The molecule has 5 nitrogen and oxygen atoms in total. The quantitative estimate of drug-likeness (QED) is 0.693.